The van der Waals surface area contributed by atoms with Crippen molar-refractivity contribution in [2.24, 2.45) is 0 Å². The molecule has 0 aromatic heterocycles. The topological polar surface area (TPSA) is 112 Å². The lowest BCUT2D eigenvalue weighted by Crippen LogP contribution is -2.25. The van der Waals surface area contributed by atoms with Gasteiger partial charge in [-0.2, -0.15) is 10.1 Å². The summed E-state index contributed by atoms with van der Waals surface area (Å²) in [4.78, 5) is 31.2. The van der Waals surface area contributed by atoms with E-state index in [2.05, 4.69) is 14.7 Å². The molecule has 2 N–H and O–H groups in total. The van der Waals surface area contributed by atoms with Crippen LogP contribution < -0.4 is 0 Å². The largest absolute Gasteiger partial charge is 0.540 e. The van der Waals surface area contributed by atoms with Crippen LogP contribution in [-0.2, 0) is 19.4 Å². The predicted octanol–water partition coefficient (Wildman–Crippen LogP) is 2.43. The predicted molar refractivity (Wildman–Crippen MR) is 55.3 cm³/mol. The number of carbonyl (C=O) groups is 2. The highest BCUT2D eigenvalue weighted by Gasteiger charge is 2.18. The van der Waals surface area contributed by atoms with Gasteiger partial charge in [0.15, 0.2) is 0 Å². The first kappa shape index (κ1) is 17.8. The van der Waals surface area contributed by atoms with Crippen molar-refractivity contribution in [1.82, 2.24) is 0 Å². The Morgan fingerprint density at radius 2 is 1.59 bits per heavy atom. The Morgan fingerprint density at radius 3 is 1.82 bits per heavy atom. The molecule has 0 saturated carbocycles. The van der Waals surface area contributed by atoms with Crippen molar-refractivity contribution in [3.05, 3.63) is 0 Å². The van der Waals surface area contributed by atoms with E-state index >= 15 is 0 Å². The number of hydrogen-bond acceptors (Lipinski definition) is 7. The summed E-state index contributed by atoms with van der Waals surface area (Å²) < 4.78 is 4.80. The molecule has 0 saturated heterocycles. The molecule has 0 atom stereocenters. The van der Waals surface area contributed by atoms with E-state index in [0.29, 0.717) is 0 Å². The monoisotopic (exact) mass is 254 g/mol. The number of carbonyl (C=O) groups excluding carboxylic acids is 1. The highest BCUT2D eigenvalue weighted by Crippen LogP contribution is 2.08. The second kappa shape index (κ2) is 8.59. The Labute approximate surface area is 98.9 Å². The summed E-state index contributed by atoms with van der Waals surface area (Å²) >= 11 is 0. The molecule has 0 aliphatic rings. The third kappa shape index (κ3) is 20.5. The minimum atomic E-state index is -1.69. The van der Waals surface area contributed by atoms with E-state index in [-0.39, 0.29) is 6.10 Å². The van der Waals surface area contributed by atoms with Crippen LogP contribution in [0, 0.1) is 0 Å². The van der Waals surface area contributed by atoms with Crippen molar-refractivity contribution in [3.63, 3.8) is 0 Å². The van der Waals surface area contributed by atoms with E-state index in [0.717, 1.165) is 0 Å². The van der Waals surface area contributed by atoms with Crippen molar-refractivity contribution >= 4 is 12.3 Å². The van der Waals surface area contributed by atoms with Gasteiger partial charge in [0.05, 0.1) is 6.10 Å². The fourth-order valence-corrected chi connectivity index (χ4v) is 0.403. The van der Waals surface area contributed by atoms with E-state index in [1.807, 2.05) is 0 Å². The number of carboxylic acid groups (broad SMARTS) is 1. The average Bonchev–Trinajstić information content (AvgIpc) is 2.13. The smallest absolute Gasteiger partial charge is 0.448 e. The van der Waals surface area contributed by atoms with Gasteiger partial charge in [-0.1, -0.05) is 0 Å². The second-order valence-corrected chi connectivity index (χ2v) is 4.05. The van der Waals surface area contributed by atoms with Gasteiger partial charge < -0.3 is 9.84 Å². The van der Waals surface area contributed by atoms with Crippen molar-refractivity contribution < 1.29 is 39.4 Å². The third-order valence-electron chi connectivity index (χ3n) is 0.776. The summed E-state index contributed by atoms with van der Waals surface area (Å²) in [7, 11) is 0. The normalized spacial score (nSPS) is 10.1. The summed E-state index contributed by atoms with van der Waals surface area (Å²) in [5, 5.41) is 14.3. The molecule has 0 aromatic rings. The minimum absolute atomic E-state index is 0.155. The average molecular weight is 254 g/mol. The zero-order chi connectivity index (χ0) is 14.1. The van der Waals surface area contributed by atoms with Gasteiger partial charge in [0.25, 0.3) is 0 Å². The lowest BCUT2D eigenvalue weighted by atomic mass is 10.2. The van der Waals surface area contributed by atoms with Gasteiger partial charge in [-0.3, -0.25) is 9.78 Å². The summed E-state index contributed by atoms with van der Waals surface area (Å²) in [6.07, 6.45) is -2.65. The van der Waals surface area contributed by atoms with E-state index in [1.165, 1.54) is 0 Å². The Hall–Kier alpha value is -1.54. The molecular formula is C9H18O8. The van der Waals surface area contributed by atoms with Gasteiger partial charge in [-0.15, -0.1) is 0 Å². The summed E-state index contributed by atoms with van der Waals surface area (Å²) in [6.45, 7) is 8.77. The maximum atomic E-state index is 10.8. The van der Waals surface area contributed by atoms with E-state index in [4.69, 9.17) is 19.9 Å². The van der Waals surface area contributed by atoms with Gasteiger partial charge in [0.2, 0.25) is 0 Å². The Morgan fingerprint density at radius 1 is 1.18 bits per heavy atom. The van der Waals surface area contributed by atoms with Crippen molar-refractivity contribution in [2.75, 3.05) is 0 Å². The van der Waals surface area contributed by atoms with Crippen LogP contribution in [0.25, 0.3) is 0 Å². The molecule has 8 nitrogen and oxygen atoms in total. The van der Waals surface area contributed by atoms with Gasteiger partial charge in [-0.05, 0) is 34.6 Å². The third-order valence-corrected chi connectivity index (χ3v) is 0.776. The number of hydrogen-bond donors (Lipinski definition) is 2. The Bertz CT molecular complexity index is 230. The second-order valence-electron chi connectivity index (χ2n) is 4.05. The van der Waals surface area contributed by atoms with Gasteiger partial charge in [0, 0.05) is 0 Å². The highest BCUT2D eigenvalue weighted by molar-refractivity contribution is 5.59. The van der Waals surface area contributed by atoms with Gasteiger partial charge in [0.1, 0.15) is 5.60 Å². The molecule has 0 spiro atoms. The molecule has 0 radical (unpaired) electrons. The Balaban J connectivity index is 0. The summed E-state index contributed by atoms with van der Waals surface area (Å²) in [5.74, 6) is 0. The van der Waals surface area contributed by atoms with Crippen LogP contribution in [0.1, 0.15) is 34.6 Å². The molecule has 0 bridgehead atoms. The number of rotatable bonds is 2. The molecule has 17 heavy (non-hydrogen) atoms. The maximum absolute atomic E-state index is 10.8. The first-order valence-corrected chi connectivity index (χ1v) is 4.69. The maximum Gasteiger partial charge on any atom is 0.540 e. The first-order valence-electron chi connectivity index (χ1n) is 4.69. The van der Waals surface area contributed by atoms with Crippen LogP contribution in [0.2, 0.25) is 0 Å². The van der Waals surface area contributed by atoms with Crippen molar-refractivity contribution in [3.8, 4) is 0 Å². The van der Waals surface area contributed by atoms with Gasteiger partial charge >= 0.3 is 12.3 Å². The lowest BCUT2D eigenvalue weighted by Gasteiger charge is -2.18. The Kier molecular flexibility index (Phi) is 9.02. The summed E-state index contributed by atoms with van der Waals surface area (Å²) in [5.41, 5.74) is -0.544. The molecule has 0 unspecified atom stereocenters. The number of ether oxygens (including phenoxy) is 1. The molecule has 0 aliphatic heterocycles. The quantitative estimate of drug-likeness (QED) is 0.439. The molecule has 0 heterocycles. The van der Waals surface area contributed by atoms with Crippen molar-refractivity contribution in [1.29, 1.82) is 0 Å². The van der Waals surface area contributed by atoms with Crippen LogP contribution in [0.3, 0.4) is 0 Å². The molecule has 0 aromatic carbocycles. The SMILES string of the molecule is CC(C)OOC(=O)OC(C)(C)C.O=C(O)OO. The minimum Gasteiger partial charge on any atom is -0.448 e. The van der Waals surface area contributed by atoms with E-state index in [1.54, 1.807) is 34.6 Å². The molecule has 0 aliphatic carbocycles. The highest BCUT2D eigenvalue weighted by atomic mass is 17.2. The molecule has 0 amide bonds. The van der Waals surface area contributed by atoms with Gasteiger partial charge in [-0.25, -0.2) is 9.59 Å². The lowest BCUT2D eigenvalue weighted by molar-refractivity contribution is -0.283. The van der Waals surface area contributed by atoms with Crippen LogP contribution in [0.15, 0.2) is 0 Å². The zero-order valence-corrected chi connectivity index (χ0v) is 10.4. The van der Waals surface area contributed by atoms with Crippen LogP contribution >= 0.6 is 0 Å². The molecule has 8 heteroatoms. The van der Waals surface area contributed by atoms with E-state index in [9.17, 15) is 4.79 Å². The van der Waals surface area contributed by atoms with E-state index < -0.39 is 17.9 Å². The van der Waals surface area contributed by atoms with Crippen LogP contribution in [-0.4, -0.2) is 34.4 Å². The standard InChI is InChI=1S/C8H16O4.CH2O4/c1-6(2)11-12-7(9)10-8(3,4)5;2-1(3)5-4/h6H,1-5H3;4H,(H,2,3). The zero-order valence-electron chi connectivity index (χ0n) is 10.4. The molecule has 0 fully saturated rings. The summed E-state index contributed by atoms with van der Waals surface area (Å²) in [6, 6.07) is 0. The molecule has 102 valence electrons. The van der Waals surface area contributed by atoms with Crippen LogP contribution in [0.4, 0.5) is 9.59 Å². The molecular weight excluding hydrogens is 236 g/mol. The fraction of sp³-hybridized carbons (Fsp3) is 0.778. The fourth-order valence-electron chi connectivity index (χ4n) is 0.403. The molecule has 0 rings (SSSR count). The van der Waals surface area contributed by atoms with Crippen LogP contribution in [0.5, 0.6) is 0 Å². The van der Waals surface area contributed by atoms with Crippen molar-refractivity contribution in [2.45, 2.75) is 46.3 Å². The first-order chi connectivity index (χ1) is 7.58.